The Morgan fingerprint density at radius 3 is 2.13 bits per heavy atom. The lowest BCUT2D eigenvalue weighted by Crippen LogP contribution is -2.40. The van der Waals surface area contributed by atoms with Gasteiger partial charge in [-0.1, -0.05) is 12.1 Å². The lowest BCUT2D eigenvalue weighted by molar-refractivity contribution is 0.0457. The number of carbonyl (C=O) groups excluding carboxylic acids is 1. The lowest BCUT2D eigenvalue weighted by atomic mass is 9.87. The van der Waals surface area contributed by atoms with Gasteiger partial charge in [-0.3, -0.25) is 9.59 Å². The molecule has 1 aromatic heterocycles. The second kappa shape index (κ2) is 8.77. The van der Waals surface area contributed by atoms with E-state index in [9.17, 15) is 23.5 Å². The highest BCUT2D eigenvalue weighted by Gasteiger charge is 2.29. The van der Waals surface area contributed by atoms with Gasteiger partial charge in [0.05, 0.1) is 11.8 Å². The molecule has 8 heteroatoms. The summed E-state index contributed by atoms with van der Waals surface area (Å²) >= 11 is 0. The smallest absolute Gasteiger partial charge is 0.274 e. The van der Waals surface area contributed by atoms with Gasteiger partial charge in [0.1, 0.15) is 17.3 Å². The SMILES string of the molecule is O=C(c1ccc(=O)n(-c2ccc(F)cc2)n1)N1CCC([C@H](O)c2ccc(F)cc2)CC1. The number of halogens is 2. The molecule has 0 spiro atoms. The molecule has 0 bridgehead atoms. The van der Waals surface area contributed by atoms with E-state index in [0.717, 1.165) is 4.68 Å². The Bertz CT molecular complexity index is 1120. The molecular formula is C23H21F2N3O3. The maximum absolute atomic E-state index is 13.2. The summed E-state index contributed by atoms with van der Waals surface area (Å²) < 4.78 is 27.3. The molecule has 6 nitrogen and oxygen atoms in total. The van der Waals surface area contributed by atoms with Crippen LogP contribution < -0.4 is 5.56 Å². The first-order valence-electron chi connectivity index (χ1n) is 10.0. The standard InChI is InChI=1S/C23H21F2N3O3/c24-17-3-1-15(2-4-17)22(30)16-11-13-27(14-12-16)23(31)20-9-10-21(29)28(26-20)19-7-5-18(25)6-8-19/h1-10,16,22,30H,11-14H2/t22-/m1/s1. The highest BCUT2D eigenvalue weighted by atomic mass is 19.1. The zero-order chi connectivity index (χ0) is 22.0. The number of aliphatic hydroxyl groups excluding tert-OH is 1. The van der Waals surface area contributed by atoms with E-state index in [-0.39, 0.29) is 23.3 Å². The number of carbonyl (C=O) groups is 1. The summed E-state index contributed by atoms with van der Waals surface area (Å²) in [5, 5.41) is 14.8. The molecule has 0 saturated carbocycles. The fourth-order valence-electron chi connectivity index (χ4n) is 3.80. The topological polar surface area (TPSA) is 75.4 Å². The van der Waals surface area contributed by atoms with Crippen molar-refractivity contribution in [1.82, 2.24) is 14.7 Å². The molecule has 2 heterocycles. The Balaban J connectivity index is 1.45. The molecule has 1 aliphatic heterocycles. The Labute approximate surface area is 177 Å². The van der Waals surface area contributed by atoms with Crippen LogP contribution in [-0.4, -0.2) is 38.8 Å². The predicted molar refractivity (Wildman–Crippen MR) is 110 cm³/mol. The molecule has 1 fully saturated rings. The first-order chi connectivity index (χ1) is 14.9. The normalized spacial score (nSPS) is 15.6. The number of aromatic nitrogens is 2. The molecule has 2 aromatic carbocycles. The number of nitrogens with zero attached hydrogens (tertiary/aromatic N) is 3. The van der Waals surface area contributed by atoms with Gasteiger partial charge in [-0.05, 0) is 66.8 Å². The van der Waals surface area contributed by atoms with E-state index in [0.29, 0.717) is 37.2 Å². The summed E-state index contributed by atoms with van der Waals surface area (Å²) in [6.07, 6.45) is 0.445. The van der Waals surface area contributed by atoms with Crippen LogP contribution in [0.3, 0.4) is 0 Å². The number of piperidine rings is 1. The van der Waals surface area contributed by atoms with Crippen molar-refractivity contribution in [3.63, 3.8) is 0 Å². The molecular weight excluding hydrogens is 404 g/mol. The van der Waals surface area contributed by atoms with Crippen molar-refractivity contribution in [2.45, 2.75) is 18.9 Å². The van der Waals surface area contributed by atoms with Crippen molar-refractivity contribution < 1.29 is 18.7 Å². The summed E-state index contributed by atoms with van der Waals surface area (Å²) in [5.41, 5.74) is 0.701. The second-order valence-corrected chi connectivity index (χ2v) is 7.57. The van der Waals surface area contributed by atoms with E-state index in [4.69, 9.17) is 0 Å². The molecule has 1 atom stereocenters. The van der Waals surface area contributed by atoms with Crippen LogP contribution in [-0.2, 0) is 0 Å². The van der Waals surface area contributed by atoms with Crippen LogP contribution in [0.2, 0.25) is 0 Å². The van der Waals surface area contributed by atoms with Gasteiger partial charge in [-0.25, -0.2) is 8.78 Å². The molecule has 0 radical (unpaired) electrons. The van der Waals surface area contributed by atoms with E-state index in [1.807, 2.05) is 0 Å². The van der Waals surface area contributed by atoms with Gasteiger partial charge in [0, 0.05) is 19.2 Å². The summed E-state index contributed by atoms with van der Waals surface area (Å²) in [7, 11) is 0. The lowest BCUT2D eigenvalue weighted by Gasteiger charge is -2.34. The van der Waals surface area contributed by atoms with Gasteiger partial charge in [0.15, 0.2) is 0 Å². The maximum atomic E-state index is 13.2. The monoisotopic (exact) mass is 425 g/mol. The zero-order valence-electron chi connectivity index (χ0n) is 16.6. The zero-order valence-corrected chi connectivity index (χ0v) is 16.6. The fourth-order valence-corrected chi connectivity index (χ4v) is 3.80. The van der Waals surface area contributed by atoms with Crippen molar-refractivity contribution >= 4 is 5.91 Å². The van der Waals surface area contributed by atoms with Gasteiger partial charge in [-0.2, -0.15) is 9.78 Å². The number of hydrogen-bond donors (Lipinski definition) is 1. The van der Waals surface area contributed by atoms with Crippen LogP contribution in [0.25, 0.3) is 5.69 Å². The van der Waals surface area contributed by atoms with Crippen LogP contribution in [0, 0.1) is 17.6 Å². The third kappa shape index (κ3) is 4.54. The highest BCUT2D eigenvalue weighted by Crippen LogP contribution is 2.31. The number of hydrogen-bond acceptors (Lipinski definition) is 4. The Morgan fingerprint density at radius 1 is 0.935 bits per heavy atom. The van der Waals surface area contributed by atoms with Crippen molar-refractivity contribution in [3.05, 3.63) is 93.9 Å². The molecule has 3 aromatic rings. The van der Waals surface area contributed by atoms with E-state index in [1.54, 1.807) is 17.0 Å². The maximum Gasteiger partial charge on any atom is 0.274 e. The minimum atomic E-state index is -0.726. The summed E-state index contributed by atoms with van der Waals surface area (Å²) in [6, 6.07) is 13.7. The number of amides is 1. The first kappa shape index (κ1) is 20.9. The van der Waals surface area contributed by atoms with Crippen molar-refractivity contribution in [2.75, 3.05) is 13.1 Å². The van der Waals surface area contributed by atoms with Gasteiger partial charge < -0.3 is 10.0 Å². The molecule has 1 N–H and O–H groups in total. The minimum Gasteiger partial charge on any atom is -0.388 e. The van der Waals surface area contributed by atoms with E-state index in [2.05, 4.69) is 5.10 Å². The predicted octanol–water partition coefficient (Wildman–Crippen LogP) is 3.10. The summed E-state index contributed by atoms with van der Waals surface area (Å²) in [4.78, 5) is 26.7. The number of rotatable bonds is 4. The van der Waals surface area contributed by atoms with Crippen molar-refractivity contribution in [3.8, 4) is 5.69 Å². The third-order valence-electron chi connectivity index (χ3n) is 5.58. The fraction of sp³-hybridized carbons (Fsp3) is 0.261. The Kier molecular flexibility index (Phi) is 5.90. The van der Waals surface area contributed by atoms with Crippen molar-refractivity contribution in [1.29, 1.82) is 0 Å². The van der Waals surface area contributed by atoms with Crippen LogP contribution in [0.4, 0.5) is 8.78 Å². The number of aliphatic hydroxyl groups is 1. The Hall–Kier alpha value is -3.39. The highest BCUT2D eigenvalue weighted by molar-refractivity contribution is 5.92. The summed E-state index contributed by atoms with van der Waals surface area (Å²) in [6.45, 7) is 0.859. The Morgan fingerprint density at radius 2 is 1.52 bits per heavy atom. The van der Waals surface area contributed by atoms with Gasteiger partial charge in [-0.15, -0.1) is 0 Å². The van der Waals surface area contributed by atoms with Crippen molar-refractivity contribution in [2.24, 2.45) is 5.92 Å². The molecule has 1 amide bonds. The molecule has 1 saturated heterocycles. The molecule has 31 heavy (non-hydrogen) atoms. The molecule has 1 aliphatic rings. The van der Waals surface area contributed by atoms with E-state index in [1.165, 1.54) is 48.5 Å². The number of likely N-dealkylation sites (tertiary alicyclic amines) is 1. The third-order valence-corrected chi connectivity index (χ3v) is 5.58. The largest absolute Gasteiger partial charge is 0.388 e. The molecule has 0 unspecified atom stereocenters. The average Bonchev–Trinajstić information content (AvgIpc) is 2.80. The number of benzene rings is 2. The van der Waals surface area contributed by atoms with E-state index < -0.39 is 17.5 Å². The quantitative estimate of drug-likeness (QED) is 0.697. The first-order valence-corrected chi connectivity index (χ1v) is 10.0. The van der Waals surface area contributed by atoms with Crippen LogP contribution in [0.1, 0.15) is 35.0 Å². The molecule has 4 rings (SSSR count). The van der Waals surface area contributed by atoms with E-state index >= 15 is 0 Å². The van der Waals surface area contributed by atoms with Crippen LogP contribution in [0.15, 0.2) is 65.5 Å². The second-order valence-electron chi connectivity index (χ2n) is 7.57. The van der Waals surface area contributed by atoms with Crippen LogP contribution >= 0.6 is 0 Å². The van der Waals surface area contributed by atoms with Gasteiger partial charge >= 0.3 is 0 Å². The molecule has 160 valence electrons. The summed E-state index contributed by atoms with van der Waals surface area (Å²) in [5.74, 6) is -1.15. The molecule has 0 aliphatic carbocycles. The average molecular weight is 425 g/mol. The minimum absolute atomic E-state index is 0.0457. The van der Waals surface area contributed by atoms with Crippen LogP contribution in [0.5, 0.6) is 0 Å². The van der Waals surface area contributed by atoms with Gasteiger partial charge in [0.2, 0.25) is 0 Å². The van der Waals surface area contributed by atoms with Gasteiger partial charge in [0.25, 0.3) is 11.5 Å².